The molecule has 4 heteroatoms. The zero-order chi connectivity index (χ0) is 12.0. The number of hydrogen-bond acceptors (Lipinski definition) is 2. The molecular weight excluding hydrogens is 278 g/mol. The van der Waals surface area contributed by atoms with Crippen molar-refractivity contribution in [2.24, 2.45) is 7.05 Å². The molecule has 0 saturated carbocycles. The second-order valence-corrected chi connectivity index (χ2v) is 5.30. The number of aryl methyl sites for hydroxylation is 3. The lowest BCUT2D eigenvalue weighted by Crippen LogP contribution is -1.95. The summed E-state index contributed by atoms with van der Waals surface area (Å²) in [5, 5.41) is 4.23. The van der Waals surface area contributed by atoms with Gasteiger partial charge in [0.25, 0.3) is 0 Å². The van der Waals surface area contributed by atoms with Crippen molar-refractivity contribution in [1.82, 2.24) is 9.78 Å². The third-order valence-corrected chi connectivity index (χ3v) is 4.17. The van der Waals surface area contributed by atoms with Gasteiger partial charge in [0, 0.05) is 12.6 Å². The highest BCUT2D eigenvalue weighted by Crippen LogP contribution is 2.34. The Hall–Kier alpha value is -1.29. The molecule has 1 aromatic heterocycles. The number of rotatable bonds is 1. The molecule has 0 bridgehead atoms. The van der Waals surface area contributed by atoms with Crippen molar-refractivity contribution in [3.63, 3.8) is 0 Å². The summed E-state index contributed by atoms with van der Waals surface area (Å²) in [5.74, 6) is 0.544. The van der Waals surface area contributed by atoms with E-state index >= 15 is 0 Å². The standard InChI is InChI=1S/C13H14BrN3/c1-17-12(11(14)13(15)16-17)10-6-5-8-3-2-4-9(8)7-10/h5-7H,2-4H2,1H3,(H2,15,16). The average molecular weight is 292 g/mol. The summed E-state index contributed by atoms with van der Waals surface area (Å²) in [6.07, 6.45) is 3.67. The maximum atomic E-state index is 5.81. The van der Waals surface area contributed by atoms with Crippen LogP contribution in [0.4, 0.5) is 5.82 Å². The van der Waals surface area contributed by atoms with Crippen LogP contribution < -0.4 is 5.73 Å². The normalized spacial score (nSPS) is 14.0. The van der Waals surface area contributed by atoms with Gasteiger partial charge in [-0.15, -0.1) is 0 Å². The molecule has 88 valence electrons. The number of aromatic nitrogens is 2. The van der Waals surface area contributed by atoms with Gasteiger partial charge in [0.1, 0.15) is 0 Å². The van der Waals surface area contributed by atoms with E-state index in [0.717, 1.165) is 10.2 Å². The Labute approximate surface area is 109 Å². The summed E-state index contributed by atoms with van der Waals surface area (Å²) in [6.45, 7) is 0. The molecule has 0 fully saturated rings. The van der Waals surface area contributed by atoms with Gasteiger partial charge in [0.05, 0.1) is 10.2 Å². The average Bonchev–Trinajstić information content (AvgIpc) is 2.84. The van der Waals surface area contributed by atoms with E-state index in [2.05, 4.69) is 39.2 Å². The van der Waals surface area contributed by atoms with Crippen LogP contribution in [-0.4, -0.2) is 9.78 Å². The molecule has 1 aliphatic carbocycles. The first-order valence-electron chi connectivity index (χ1n) is 5.77. The van der Waals surface area contributed by atoms with Gasteiger partial charge < -0.3 is 5.73 Å². The summed E-state index contributed by atoms with van der Waals surface area (Å²) in [4.78, 5) is 0. The predicted octanol–water partition coefficient (Wildman–Crippen LogP) is 2.92. The maximum absolute atomic E-state index is 5.81. The van der Waals surface area contributed by atoms with E-state index in [1.165, 1.54) is 36.0 Å². The number of benzene rings is 1. The SMILES string of the molecule is Cn1nc(N)c(Br)c1-c1ccc2c(c1)CCC2. The van der Waals surface area contributed by atoms with Crippen molar-refractivity contribution in [3.8, 4) is 11.3 Å². The molecule has 2 N–H and O–H groups in total. The van der Waals surface area contributed by atoms with Gasteiger partial charge in [-0.05, 0) is 52.4 Å². The zero-order valence-electron chi connectivity index (χ0n) is 9.70. The molecule has 0 atom stereocenters. The second-order valence-electron chi connectivity index (χ2n) is 4.51. The molecule has 0 spiro atoms. The first-order chi connectivity index (χ1) is 8.16. The van der Waals surface area contributed by atoms with Crippen LogP contribution in [0.2, 0.25) is 0 Å². The largest absolute Gasteiger partial charge is 0.381 e. The summed E-state index contributed by atoms with van der Waals surface area (Å²) < 4.78 is 2.72. The minimum absolute atomic E-state index is 0.544. The summed E-state index contributed by atoms with van der Waals surface area (Å²) in [5.41, 5.74) is 11.0. The highest BCUT2D eigenvalue weighted by atomic mass is 79.9. The quantitative estimate of drug-likeness (QED) is 0.878. The van der Waals surface area contributed by atoms with Gasteiger partial charge in [-0.1, -0.05) is 12.1 Å². The molecule has 0 amide bonds. The molecule has 2 aromatic rings. The lowest BCUT2D eigenvalue weighted by atomic mass is 10.0. The van der Waals surface area contributed by atoms with E-state index in [-0.39, 0.29) is 0 Å². The van der Waals surface area contributed by atoms with Crippen molar-refractivity contribution in [2.75, 3.05) is 5.73 Å². The highest BCUT2D eigenvalue weighted by Gasteiger charge is 2.16. The fourth-order valence-corrected chi connectivity index (χ4v) is 3.12. The Bertz CT molecular complexity index is 587. The fourth-order valence-electron chi connectivity index (χ4n) is 2.55. The number of nitrogens with two attached hydrogens (primary N) is 1. The van der Waals surface area contributed by atoms with Crippen LogP contribution in [0.3, 0.4) is 0 Å². The first-order valence-corrected chi connectivity index (χ1v) is 6.56. The van der Waals surface area contributed by atoms with Gasteiger partial charge in [-0.25, -0.2) is 0 Å². The highest BCUT2D eigenvalue weighted by molar-refractivity contribution is 9.10. The van der Waals surface area contributed by atoms with E-state index in [1.54, 1.807) is 0 Å². The molecular formula is C13H14BrN3. The predicted molar refractivity (Wildman–Crippen MR) is 72.8 cm³/mol. The van der Waals surface area contributed by atoms with Gasteiger partial charge >= 0.3 is 0 Å². The third kappa shape index (κ3) is 1.67. The van der Waals surface area contributed by atoms with Crippen molar-refractivity contribution >= 4 is 21.7 Å². The van der Waals surface area contributed by atoms with E-state index in [4.69, 9.17) is 5.73 Å². The van der Waals surface area contributed by atoms with Crippen LogP contribution in [0.25, 0.3) is 11.3 Å². The number of nitrogen functional groups attached to an aromatic ring is 1. The molecule has 0 radical (unpaired) electrons. The van der Waals surface area contributed by atoms with E-state index < -0.39 is 0 Å². The molecule has 0 unspecified atom stereocenters. The molecule has 0 saturated heterocycles. The summed E-state index contributed by atoms with van der Waals surface area (Å²) >= 11 is 3.51. The van der Waals surface area contributed by atoms with Gasteiger partial charge in [-0.3, -0.25) is 4.68 Å². The molecule has 3 nitrogen and oxygen atoms in total. The fraction of sp³-hybridized carbons (Fsp3) is 0.308. The smallest absolute Gasteiger partial charge is 0.160 e. The van der Waals surface area contributed by atoms with Gasteiger partial charge in [-0.2, -0.15) is 5.10 Å². The van der Waals surface area contributed by atoms with Crippen LogP contribution in [0, 0.1) is 0 Å². The second kappa shape index (κ2) is 3.88. The molecule has 17 heavy (non-hydrogen) atoms. The van der Waals surface area contributed by atoms with Crippen LogP contribution in [0.15, 0.2) is 22.7 Å². The third-order valence-electron chi connectivity index (χ3n) is 3.39. The Balaban J connectivity index is 2.15. The Kier molecular flexibility index (Phi) is 2.47. The maximum Gasteiger partial charge on any atom is 0.160 e. The van der Waals surface area contributed by atoms with E-state index in [0.29, 0.717) is 5.82 Å². The topological polar surface area (TPSA) is 43.8 Å². The van der Waals surface area contributed by atoms with E-state index in [9.17, 15) is 0 Å². The Morgan fingerprint density at radius 1 is 1.29 bits per heavy atom. The number of anilines is 1. The van der Waals surface area contributed by atoms with Crippen LogP contribution in [0.5, 0.6) is 0 Å². The Morgan fingerprint density at radius 3 is 2.76 bits per heavy atom. The molecule has 0 aliphatic heterocycles. The minimum Gasteiger partial charge on any atom is -0.381 e. The summed E-state index contributed by atoms with van der Waals surface area (Å²) in [6, 6.07) is 6.65. The van der Waals surface area contributed by atoms with Crippen LogP contribution >= 0.6 is 15.9 Å². The van der Waals surface area contributed by atoms with Crippen molar-refractivity contribution < 1.29 is 0 Å². The molecule has 1 aliphatic rings. The summed E-state index contributed by atoms with van der Waals surface area (Å²) in [7, 11) is 1.92. The molecule has 3 rings (SSSR count). The number of hydrogen-bond donors (Lipinski definition) is 1. The lowest BCUT2D eigenvalue weighted by Gasteiger charge is -2.06. The first kappa shape index (κ1) is 10.8. The number of halogens is 1. The van der Waals surface area contributed by atoms with Gasteiger partial charge in [0.15, 0.2) is 5.82 Å². The zero-order valence-corrected chi connectivity index (χ0v) is 11.3. The van der Waals surface area contributed by atoms with Crippen molar-refractivity contribution in [2.45, 2.75) is 19.3 Å². The van der Waals surface area contributed by atoms with Crippen LogP contribution in [0.1, 0.15) is 17.5 Å². The van der Waals surface area contributed by atoms with Gasteiger partial charge in [0.2, 0.25) is 0 Å². The van der Waals surface area contributed by atoms with E-state index in [1.807, 2.05) is 11.7 Å². The van der Waals surface area contributed by atoms with Crippen LogP contribution in [-0.2, 0) is 19.9 Å². The lowest BCUT2D eigenvalue weighted by molar-refractivity contribution is 0.780. The number of fused-ring (bicyclic) bond motifs is 1. The van der Waals surface area contributed by atoms with Crippen molar-refractivity contribution in [3.05, 3.63) is 33.8 Å². The minimum atomic E-state index is 0.544. The number of nitrogens with zero attached hydrogens (tertiary/aromatic N) is 2. The van der Waals surface area contributed by atoms with Crippen molar-refractivity contribution in [1.29, 1.82) is 0 Å². The monoisotopic (exact) mass is 291 g/mol. The molecule has 1 heterocycles. The molecule has 1 aromatic carbocycles. The Morgan fingerprint density at radius 2 is 2.06 bits per heavy atom.